The highest BCUT2D eigenvalue weighted by molar-refractivity contribution is 4.47. The number of aliphatic hydroxyl groups is 1. The Labute approximate surface area is 89.2 Å². The van der Waals surface area contributed by atoms with E-state index in [1.165, 1.54) is 6.42 Å². The van der Waals surface area contributed by atoms with Crippen molar-refractivity contribution in [3.8, 4) is 0 Å². The van der Waals surface area contributed by atoms with Gasteiger partial charge >= 0.3 is 6.39 Å². The third kappa shape index (κ3) is 5.82. The van der Waals surface area contributed by atoms with Crippen molar-refractivity contribution in [1.82, 2.24) is 0 Å². The molecule has 0 atom stereocenters. The van der Waals surface area contributed by atoms with Gasteiger partial charge in [0.05, 0.1) is 0 Å². The molecule has 0 aliphatic rings. The highest BCUT2D eigenvalue weighted by atomic mass is 79.9. The number of halogens is 1. The highest BCUT2D eigenvalue weighted by Crippen LogP contribution is 1.98. The predicted molar refractivity (Wildman–Crippen MR) is 44.5 cm³/mol. The van der Waals surface area contributed by atoms with E-state index in [2.05, 4.69) is 0 Å². The van der Waals surface area contributed by atoms with E-state index in [0.717, 1.165) is 25.8 Å². The average Bonchev–Trinajstić information content (AvgIpc) is 2.57. The first-order valence-corrected chi connectivity index (χ1v) is 4.45. The van der Waals surface area contributed by atoms with Crippen LogP contribution >= 0.6 is 0 Å². The zero-order chi connectivity index (χ0) is 8.65. The molecule has 76 valence electrons. The molecule has 1 rings (SSSR count). The van der Waals surface area contributed by atoms with Gasteiger partial charge in [-0.2, -0.15) is 4.57 Å². The third-order valence-corrected chi connectivity index (χ3v) is 1.85. The van der Waals surface area contributed by atoms with E-state index in [4.69, 9.17) is 9.52 Å². The molecule has 0 aliphatic heterocycles. The average molecular weight is 250 g/mol. The van der Waals surface area contributed by atoms with E-state index in [1.54, 1.807) is 12.7 Å². The molecule has 3 nitrogen and oxygen atoms in total. The fourth-order valence-corrected chi connectivity index (χ4v) is 1.15. The lowest BCUT2D eigenvalue weighted by Crippen LogP contribution is -3.00. The molecule has 1 heterocycles. The van der Waals surface area contributed by atoms with Gasteiger partial charge < -0.3 is 26.5 Å². The van der Waals surface area contributed by atoms with Crippen LogP contribution in [0, 0.1) is 0 Å². The second kappa shape index (κ2) is 8.26. The van der Waals surface area contributed by atoms with E-state index in [-0.39, 0.29) is 17.0 Å². The van der Waals surface area contributed by atoms with Gasteiger partial charge in [0.25, 0.3) is 0 Å². The molecule has 0 spiro atoms. The van der Waals surface area contributed by atoms with Crippen molar-refractivity contribution in [1.29, 1.82) is 0 Å². The lowest BCUT2D eigenvalue weighted by atomic mass is 10.2. The summed E-state index contributed by atoms with van der Waals surface area (Å²) in [6, 6.07) is 0. The van der Waals surface area contributed by atoms with Crippen LogP contribution in [-0.4, -0.2) is 11.7 Å². The molecule has 1 aromatic rings. The number of oxazole rings is 1. The summed E-state index contributed by atoms with van der Waals surface area (Å²) >= 11 is 0. The maximum atomic E-state index is 8.53. The maximum absolute atomic E-state index is 8.53. The lowest BCUT2D eigenvalue weighted by molar-refractivity contribution is -0.700. The SMILES string of the molecule is OCCCCCC[n+]1ccoc1.[Br-]. The van der Waals surface area contributed by atoms with Crippen molar-refractivity contribution >= 4 is 0 Å². The van der Waals surface area contributed by atoms with Crippen molar-refractivity contribution in [2.75, 3.05) is 6.61 Å². The number of hydrogen-bond donors (Lipinski definition) is 1. The van der Waals surface area contributed by atoms with Gasteiger partial charge in [0.15, 0.2) is 12.8 Å². The van der Waals surface area contributed by atoms with E-state index >= 15 is 0 Å². The molecular formula is C9H16BrNO2. The Morgan fingerprint density at radius 1 is 1.15 bits per heavy atom. The number of hydrogen-bond acceptors (Lipinski definition) is 2. The van der Waals surface area contributed by atoms with E-state index < -0.39 is 0 Å². The van der Waals surface area contributed by atoms with E-state index in [0.29, 0.717) is 6.61 Å². The minimum atomic E-state index is 0. The minimum Gasteiger partial charge on any atom is -1.00 e. The summed E-state index contributed by atoms with van der Waals surface area (Å²) < 4.78 is 6.94. The number of rotatable bonds is 6. The van der Waals surface area contributed by atoms with Gasteiger partial charge in [-0.15, -0.1) is 0 Å². The van der Waals surface area contributed by atoms with Crippen LogP contribution in [0.1, 0.15) is 25.7 Å². The molecular weight excluding hydrogens is 234 g/mol. The van der Waals surface area contributed by atoms with Crippen LogP contribution in [0.4, 0.5) is 0 Å². The molecule has 0 saturated heterocycles. The number of aliphatic hydroxyl groups excluding tert-OH is 1. The Kier molecular flexibility index (Phi) is 8.04. The molecule has 0 saturated carbocycles. The second-order valence-electron chi connectivity index (χ2n) is 2.90. The number of unbranched alkanes of at least 4 members (excludes halogenated alkanes) is 3. The smallest absolute Gasteiger partial charge is 0.334 e. The van der Waals surface area contributed by atoms with Crippen molar-refractivity contribution < 1.29 is 31.1 Å². The van der Waals surface area contributed by atoms with Crippen LogP contribution in [0.25, 0.3) is 0 Å². The number of aromatic nitrogens is 1. The largest absolute Gasteiger partial charge is 1.00 e. The second-order valence-corrected chi connectivity index (χ2v) is 2.90. The molecule has 1 N–H and O–H groups in total. The van der Waals surface area contributed by atoms with Crippen molar-refractivity contribution in [2.24, 2.45) is 0 Å². The fraction of sp³-hybridized carbons (Fsp3) is 0.667. The summed E-state index contributed by atoms with van der Waals surface area (Å²) in [4.78, 5) is 0. The first kappa shape index (κ1) is 12.7. The molecule has 0 fully saturated rings. The Morgan fingerprint density at radius 2 is 1.92 bits per heavy atom. The van der Waals surface area contributed by atoms with Gasteiger partial charge in [0.1, 0.15) is 0 Å². The third-order valence-electron chi connectivity index (χ3n) is 1.85. The molecule has 0 unspecified atom stereocenters. The molecule has 0 amide bonds. The first-order chi connectivity index (χ1) is 5.93. The zero-order valence-corrected chi connectivity index (χ0v) is 9.24. The van der Waals surface area contributed by atoms with Crippen LogP contribution in [0.3, 0.4) is 0 Å². The monoisotopic (exact) mass is 249 g/mol. The molecule has 0 aliphatic carbocycles. The predicted octanol–water partition coefficient (Wildman–Crippen LogP) is -1.88. The Balaban J connectivity index is 0.00000144. The quantitative estimate of drug-likeness (QED) is 0.474. The van der Waals surface area contributed by atoms with Crippen molar-refractivity contribution in [3.05, 3.63) is 18.9 Å². The molecule has 0 aromatic carbocycles. The summed E-state index contributed by atoms with van der Waals surface area (Å²) in [5, 5.41) is 8.53. The number of aryl methyl sites for hydroxylation is 1. The Bertz CT molecular complexity index is 190. The topological polar surface area (TPSA) is 37.2 Å². The van der Waals surface area contributed by atoms with Crippen LogP contribution in [-0.2, 0) is 6.54 Å². The Morgan fingerprint density at radius 3 is 2.54 bits per heavy atom. The van der Waals surface area contributed by atoms with Crippen molar-refractivity contribution in [3.63, 3.8) is 0 Å². The normalized spacial score (nSPS) is 9.62. The minimum absolute atomic E-state index is 0. The first-order valence-electron chi connectivity index (χ1n) is 4.45. The van der Waals surface area contributed by atoms with Crippen LogP contribution in [0.5, 0.6) is 0 Å². The lowest BCUT2D eigenvalue weighted by Gasteiger charge is -1.94. The maximum Gasteiger partial charge on any atom is 0.334 e. The summed E-state index contributed by atoms with van der Waals surface area (Å²) in [5.74, 6) is 0. The van der Waals surface area contributed by atoms with Gasteiger partial charge in [-0.3, -0.25) is 0 Å². The molecule has 4 heteroatoms. The van der Waals surface area contributed by atoms with Crippen molar-refractivity contribution in [2.45, 2.75) is 32.2 Å². The fourth-order valence-electron chi connectivity index (χ4n) is 1.15. The molecule has 0 bridgehead atoms. The summed E-state index contributed by atoms with van der Waals surface area (Å²) in [6.07, 6.45) is 9.69. The van der Waals surface area contributed by atoms with Crippen LogP contribution < -0.4 is 21.5 Å². The summed E-state index contributed by atoms with van der Waals surface area (Å²) in [7, 11) is 0. The van der Waals surface area contributed by atoms with Gasteiger partial charge in [0, 0.05) is 13.0 Å². The number of nitrogens with zero attached hydrogens (tertiary/aromatic N) is 1. The van der Waals surface area contributed by atoms with Crippen LogP contribution in [0.2, 0.25) is 0 Å². The van der Waals surface area contributed by atoms with Gasteiger partial charge in [0.2, 0.25) is 6.20 Å². The molecule has 1 aromatic heterocycles. The van der Waals surface area contributed by atoms with E-state index in [1.807, 2.05) is 10.8 Å². The highest BCUT2D eigenvalue weighted by Gasteiger charge is 1.99. The Hall–Kier alpha value is -0.350. The molecule has 0 radical (unpaired) electrons. The van der Waals surface area contributed by atoms with Gasteiger partial charge in [-0.25, -0.2) is 0 Å². The van der Waals surface area contributed by atoms with Gasteiger partial charge in [-0.05, 0) is 12.8 Å². The van der Waals surface area contributed by atoms with Crippen LogP contribution in [0.15, 0.2) is 23.3 Å². The van der Waals surface area contributed by atoms with Gasteiger partial charge in [-0.1, -0.05) is 6.42 Å². The molecule has 13 heavy (non-hydrogen) atoms. The zero-order valence-electron chi connectivity index (χ0n) is 7.66. The standard InChI is InChI=1S/C9H16NO2.BrH/c11-7-4-2-1-3-5-10-6-8-12-9-10;/h6,8-9,11H,1-5,7H2;1H/q+1;/p-1. The summed E-state index contributed by atoms with van der Waals surface area (Å²) in [6.45, 7) is 1.33. The van der Waals surface area contributed by atoms with E-state index in [9.17, 15) is 0 Å². The summed E-state index contributed by atoms with van der Waals surface area (Å²) in [5.41, 5.74) is 0.